The molecule has 1 aromatic heterocycles. The quantitative estimate of drug-likeness (QED) is 0.625. The average molecular weight is 262 g/mol. The van der Waals surface area contributed by atoms with Gasteiger partial charge in [0.05, 0.1) is 16.2 Å². The second-order valence-electron chi connectivity index (χ2n) is 4.34. The van der Waals surface area contributed by atoms with Crippen molar-refractivity contribution in [1.82, 2.24) is 5.16 Å². The number of hydrogen-bond donors (Lipinski definition) is 0. The molecule has 1 heterocycles. The highest BCUT2D eigenvalue weighted by Crippen LogP contribution is 2.31. The molecule has 0 unspecified atom stereocenters. The first-order chi connectivity index (χ1) is 8.99. The summed E-state index contributed by atoms with van der Waals surface area (Å²) in [5.74, 6) is 1.10. The number of hydrogen-bond acceptors (Lipinski definition) is 5. The lowest BCUT2D eigenvalue weighted by atomic mass is 10.1. The highest BCUT2D eigenvalue weighted by Gasteiger charge is 2.17. The zero-order chi connectivity index (χ0) is 14.0. The lowest BCUT2D eigenvalue weighted by Gasteiger charge is -2.10. The monoisotopic (exact) mass is 262 g/mol. The van der Waals surface area contributed by atoms with Crippen molar-refractivity contribution in [2.24, 2.45) is 0 Å². The molecule has 0 N–H and O–H groups in total. The molecule has 6 nitrogen and oxygen atoms in total. The van der Waals surface area contributed by atoms with Gasteiger partial charge in [0, 0.05) is 12.1 Å². The van der Waals surface area contributed by atoms with E-state index in [0.29, 0.717) is 17.1 Å². The number of aromatic nitrogens is 1. The first-order valence-electron chi connectivity index (χ1n) is 5.78. The molecule has 0 aliphatic rings. The van der Waals surface area contributed by atoms with Gasteiger partial charge in [-0.25, -0.2) is 0 Å². The fourth-order valence-corrected chi connectivity index (χ4v) is 1.86. The Morgan fingerprint density at radius 1 is 1.37 bits per heavy atom. The molecule has 0 spiro atoms. The summed E-state index contributed by atoms with van der Waals surface area (Å²) >= 11 is 0. The predicted molar refractivity (Wildman–Crippen MR) is 68.1 cm³/mol. The molecular weight excluding hydrogens is 248 g/mol. The van der Waals surface area contributed by atoms with Crippen LogP contribution in [0.5, 0.6) is 5.75 Å². The van der Waals surface area contributed by atoms with Crippen LogP contribution in [0.3, 0.4) is 0 Å². The van der Waals surface area contributed by atoms with Gasteiger partial charge < -0.3 is 9.26 Å². The van der Waals surface area contributed by atoms with E-state index in [1.54, 1.807) is 19.1 Å². The molecule has 0 radical (unpaired) electrons. The normalized spacial score (nSPS) is 10.5. The first-order valence-corrected chi connectivity index (χ1v) is 5.78. The van der Waals surface area contributed by atoms with E-state index in [0.717, 1.165) is 11.3 Å². The molecule has 19 heavy (non-hydrogen) atoms. The van der Waals surface area contributed by atoms with Crippen LogP contribution in [0.25, 0.3) is 0 Å². The van der Waals surface area contributed by atoms with Crippen LogP contribution in [0.2, 0.25) is 0 Å². The second kappa shape index (κ2) is 5.09. The molecule has 0 atom stereocenters. The molecule has 0 saturated carbocycles. The molecule has 0 bridgehead atoms. The van der Waals surface area contributed by atoms with Crippen molar-refractivity contribution in [3.8, 4) is 5.75 Å². The molecule has 100 valence electrons. The van der Waals surface area contributed by atoms with Crippen LogP contribution in [0.4, 0.5) is 5.69 Å². The van der Waals surface area contributed by atoms with Gasteiger partial charge in [-0.1, -0.05) is 5.16 Å². The van der Waals surface area contributed by atoms with E-state index in [1.807, 2.05) is 13.8 Å². The summed E-state index contributed by atoms with van der Waals surface area (Å²) in [5.41, 5.74) is 2.18. The Balaban J connectivity index is 2.24. The minimum Gasteiger partial charge on any atom is -0.485 e. The van der Waals surface area contributed by atoms with Crippen LogP contribution < -0.4 is 4.74 Å². The third-order valence-corrected chi connectivity index (χ3v) is 2.81. The van der Waals surface area contributed by atoms with Gasteiger partial charge in [0.25, 0.3) is 5.69 Å². The lowest BCUT2D eigenvalue weighted by molar-refractivity contribution is -0.385. The number of rotatable bonds is 4. The fraction of sp³-hybridized carbons (Fsp3) is 0.308. The predicted octanol–water partition coefficient (Wildman–Crippen LogP) is 3.09. The van der Waals surface area contributed by atoms with Crippen molar-refractivity contribution >= 4 is 5.69 Å². The number of ether oxygens (including phenoxy) is 1. The van der Waals surface area contributed by atoms with Gasteiger partial charge in [-0.15, -0.1) is 0 Å². The van der Waals surface area contributed by atoms with Crippen LogP contribution >= 0.6 is 0 Å². The zero-order valence-corrected chi connectivity index (χ0v) is 11.0. The number of aryl methyl sites for hydroxylation is 2. The van der Waals surface area contributed by atoms with Crippen LogP contribution in [-0.4, -0.2) is 10.1 Å². The Hall–Kier alpha value is -2.37. The number of nitro benzene ring substituents is 1. The van der Waals surface area contributed by atoms with E-state index >= 15 is 0 Å². The van der Waals surface area contributed by atoms with E-state index in [4.69, 9.17) is 9.26 Å². The molecule has 2 aromatic rings. The Bertz CT molecular complexity index is 619. The minimum absolute atomic E-state index is 0.0503. The summed E-state index contributed by atoms with van der Waals surface area (Å²) in [7, 11) is 0. The summed E-state index contributed by atoms with van der Waals surface area (Å²) in [6, 6.07) is 4.92. The van der Waals surface area contributed by atoms with Gasteiger partial charge in [0.15, 0.2) is 5.76 Å². The third-order valence-electron chi connectivity index (χ3n) is 2.81. The molecule has 0 aliphatic heterocycles. The Kier molecular flexibility index (Phi) is 3.50. The standard InChI is InChI=1S/C13H14N2O4/c1-8-4-5-12(15(16)17)10(3)13(8)18-7-11-6-9(2)14-19-11/h4-6H,7H2,1-3H3. The van der Waals surface area contributed by atoms with Gasteiger partial charge in [-0.3, -0.25) is 10.1 Å². The van der Waals surface area contributed by atoms with E-state index in [9.17, 15) is 10.1 Å². The fourth-order valence-electron chi connectivity index (χ4n) is 1.86. The minimum atomic E-state index is -0.416. The SMILES string of the molecule is Cc1cc(COc2c(C)ccc([N+](=O)[O-])c2C)on1. The summed E-state index contributed by atoms with van der Waals surface area (Å²) in [6.45, 7) is 5.53. The molecule has 6 heteroatoms. The largest absolute Gasteiger partial charge is 0.485 e. The Morgan fingerprint density at radius 2 is 2.11 bits per heavy atom. The highest BCUT2D eigenvalue weighted by molar-refractivity contribution is 5.52. The number of nitro groups is 1. The Morgan fingerprint density at radius 3 is 2.68 bits per heavy atom. The molecule has 0 aliphatic carbocycles. The van der Waals surface area contributed by atoms with E-state index in [2.05, 4.69) is 5.16 Å². The van der Waals surface area contributed by atoms with Gasteiger partial charge in [0.1, 0.15) is 12.4 Å². The summed E-state index contributed by atoms with van der Waals surface area (Å²) in [5, 5.41) is 14.6. The maximum atomic E-state index is 10.9. The maximum absolute atomic E-state index is 10.9. The van der Waals surface area contributed by atoms with Crippen molar-refractivity contribution in [2.75, 3.05) is 0 Å². The molecule has 2 rings (SSSR count). The number of benzene rings is 1. The van der Waals surface area contributed by atoms with Gasteiger partial charge in [0.2, 0.25) is 0 Å². The van der Waals surface area contributed by atoms with Crippen LogP contribution in [0, 0.1) is 30.9 Å². The van der Waals surface area contributed by atoms with Gasteiger partial charge in [-0.2, -0.15) is 0 Å². The van der Waals surface area contributed by atoms with Crippen LogP contribution in [-0.2, 0) is 6.61 Å². The second-order valence-corrected chi connectivity index (χ2v) is 4.34. The third kappa shape index (κ3) is 2.73. The van der Waals surface area contributed by atoms with E-state index in [-0.39, 0.29) is 12.3 Å². The molecule has 0 fully saturated rings. The smallest absolute Gasteiger partial charge is 0.276 e. The van der Waals surface area contributed by atoms with Crippen molar-refractivity contribution in [2.45, 2.75) is 27.4 Å². The topological polar surface area (TPSA) is 78.4 Å². The molecular formula is C13H14N2O4. The van der Waals surface area contributed by atoms with Crippen LogP contribution in [0.15, 0.2) is 22.7 Å². The van der Waals surface area contributed by atoms with Crippen molar-refractivity contribution in [3.05, 3.63) is 50.9 Å². The van der Waals surface area contributed by atoms with Crippen molar-refractivity contribution in [1.29, 1.82) is 0 Å². The van der Waals surface area contributed by atoms with E-state index in [1.165, 1.54) is 6.07 Å². The van der Waals surface area contributed by atoms with E-state index < -0.39 is 4.92 Å². The molecule has 0 amide bonds. The summed E-state index contributed by atoms with van der Waals surface area (Å²) < 4.78 is 10.7. The van der Waals surface area contributed by atoms with Crippen LogP contribution in [0.1, 0.15) is 22.6 Å². The zero-order valence-electron chi connectivity index (χ0n) is 11.0. The molecule has 1 aromatic carbocycles. The van der Waals surface area contributed by atoms with Crippen molar-refractivity contribution in [3.63, 3.8) is 0 Å². The maximum Gasteiger partial charge on any atom is 0.276 e. The first kappa shape index (κ1) is 13.1. The lowest BCUT2D eigenvalue weighted by Crippen LogP contribution is -2.01. The Labute approximate surface area is 110 Å². The van der Waals surface area contributed by atoms with Gasteiger partial charge in [-0.05, 0) is 32.4 Å². The van der Waals surface area contributed by atoms with Gasteiger partial charge >= 0.3 is 0 Å². The highest BCUT2D eigenvalue weighted by atomic mass is 16.6. The average Bonchev–Trinajstić information content (AvgIpc) is 2.74. The summed E-state index contributed by atoms with van der Waals surface area (Å²) in [6.07, 6.45) is 0. The summed E-state index contributed by atoms with van der Waals surface area (Å²) in [4.78, 5) is 10.5. The van der Waals surface area contributed by atoms with Crippen molar-refractivity contribution < 1.29 is 14.2 Å². The molecule has 0 saturated heterocycles. The number of nitrogens with zero attached hydrogens (tertiary/aromatic N) is 2.